The number of carbonyl (C=O) groups is 2. The Balaban J connectivity index is 1.85. The first kappa shape index (κ1) is 23.0. The van der Waals surface area contributed by atoms with Gasteiger partial charge in [-0.3, -0.25) is 4.79 Å². The van der Waals surface area contributed by atoms with Crippen LogP contribution in [0.5, 0.6) is 0 Å². The van der Waals surface area contributed by atoms with Crippen molar-refractivity contribution < 1.29 is 14.3 Å². The number of benzene rings is 1. The molecule has 0 aliphatic heterocycles. The number of rotatable bonds is 7. The van der Waals surface area contributed by atoms with Gasteiger partial charge in [0, 0.05) is 20.5 Å². The van der Waals surface area contributed by atoms with E-state index in [2.05, 4.69) is 20.6 Å². The molecule has 0 radical (unpaired) electrons. The minimum Gasteiger partial charge on any atom is -0.444 e. The quantitative estimate of drug-likeness (QED) is 0.538. The Hall–Kier alpha value is -2.66. The van der Waals surface area contributed by atoms with Crippen LogP contribution in [-0.2, 0) is 16.0 Å². The van der Waals surface area contributed by atoms with Crippen molar-refractivity contribution in [3.63, 3.8) is 0 Å². The van der Waals surface area contributed by atoms with E-state index in [1.165, 1.54) is 23.1 Å². The number of nitrogens with zero attached hydrogens (tertiary/aromatic N) is 5. The van der Waals surface area contributed by atoms with E-state index in [1.807, 2.05) is 51.1 Å². The predicted molar refractivity (Wildman–Crippen MR) is 120 cm³/mol. The van der Waals surface area contributed by atoms with Crippen molar-refractivity contribution in [2.75, 3.05) is 19.8 Å². The number of aromatic nitrogens is 4. The van der Waals surface area contributed by atoms with Gasteiger partial charge in [0.2, 0.25) is 10.9 Å². The van der Waals surface area contributed by atoms with E-state index in [0.717, 1.165) is 5.56 Å². The molecular weight excluding hydrogens is 436 g/mol. The second kappa shape index (κ2) is 9.65. The molecule has 166 valence electrons. The lowest BCUT2D eigenvalue weighted by Crippen LogP contribution is -2.36. The lowest BCUT2D eigenvalue weighted by Gasteiger charge is -2.22. The zero-order valence-electron chi connectivity index (χ0n) is 18.2. The highest BCUT2D eigenvalue weighted by Crippen LogP contribution is 2.27. The molecule has 1 N–H and O–H groups in total. The molecule has 2 aromatic heterocycles. The molecule has 0 spiro atoms. The minimum atomic E-state index is -0.620. The zero-order valence-corrected chi connectivity index (χ0v) is 19.8. The van der Waals surface area contributed by atoms with Crippen LogP contribution in [0.4, 0.5) is 4.79 Å². The van der Waals surface area contributed by atoms with Crippen LogP contribution in [0.3, 0.4) is 0 Å². The van der Waals surface area contributed by atoms with Crippen LogP contribution in [0.15, 0.2) is 34.7 Å². The van der Waals surface area contributed by atoms with Gasteiger partial charge in [0.1, 0.15) is 5.60 Å². The number of hydrogen-bond acceptors (Lipinski definition) is 8. The highest BCUT2D eigenvalue weighted by atomic mass is 32.2. The van der Waals surface area contributed by atoms with Crippen molar-refractivity contribution >= 4 is 40.1 Å². The fourth-order valence-electron chi connectivity index (χ4n) is 2.65. The van der Waals surface area contributed by atoms with E-state index in [-0.39, 0.29) is 11.7 Å². The highest BCUT2D eigenvalue weighted by molar-refractivity contribution is 8.01. The Kier molecular flexibility index (Phi) is 7.16. The summed E-state index contributed by atoms with van der Waals surface area (Å²) >= 11 is 2.70. The molecule has 3 aromatic rings. The third kappa shape index (κ3) is 6.41. The van der Waals surface area contributed by atoms with Crippen molar-refractivity contribution in [2.45, 2.75) is 43.2 Å². The van der Waals surface area contributed by atoms with Gasteiger partial charge in [-0.1, -0.05) is 53.4 Å². The molecule has 11 heteroatoms. The van der Waals surface area contributed by atoms with Crippen molar-refractivity contribution in [1.29, 1.82) is 0 Å². The molecule has 2 heterocycles. The number of nitrogens with one attached hydrogen (secondary N) is 1. The normalized spacial score (nSPS) is 12.5. The van der Waals surface area contributed by atoms with Gasteiger partial charge in [-0.15, -0.1) is 15.3 Å². The number of thioether (sulfide) groups is 1. The van der Waals surface area contributed by atoms with Gasteiger partial charge in [0.25, 0.3) is 0 Å². The molecule has 0 saturated carbocycles. The van der Waals surface area contributed by atoms with Crippen LogP contribution >= 0.6 is 23.1 Å². The molecule has 3 rings (SSSR count). The summed E-state index contributed by atoms with van der Waals surface area (Å²) in [5.74, 6) is 0.798. The smallest absolute Gasteiger partial charge is 0.408 e. The molecule has 9 nitrogen and oxygen atoms in total. The van der Waals surface area contributed by atoms with Crippen molar-refractivity contribution in [3.8, 4) is 0 Å². The van der Waals surface area contributed by atoms with Crippen LogP contribution in [-0.4, -0.2) is 62.2 Å². The largest absolute Gasteiger partial charge is 0.444 e. The Bertz CT molecular complexity index is 1040. The Morgan fingerprint density at radius 3 is 2.58 bits per heavy atom. The lowest BCUT2D eigenvalue weighted by molar-refractivity contribution is -0.125. The first-order valence-electron chi connectivity index (χ1n) is 9.71. The molecule has 2 amide bonds. The number of fused-ring (bicyclic) bond motifs is 1. The van der Waals surface area contributed by atoms with Gasteiger partial charge in [0.05, 0.1) is 11.8 Å². The monoisotopic (exact) mass is 462 g/mol. The standard InChI is InChI=1S/C20H26N6O3S2/c1-20(2,3)29-18(28)21-14(11-13-9-7-6-8-10-13)16-22-23-17-26(16)24-19(31-17)30-12-15(27)25(4)5/h6-10,14H,11-12H2,1-5H3,(H,21,28). The van der Waals surface area contributed by atoms with Gasteiger partial charge >= 0.3 is 6.09 Å². The third-order valence-corrected chi connectivity index (χ3v) is 6.12. The average Bonchev–Trinajstić information content (AvgIpc) is 3.25. The summed E-state index contributed by atoms with van der Waals surface area (Å²) in [6, 6.07) is 9.30. The average molecular weight is 463 g/mol. The van der Waals surface area contributed by atoms with E-state index in [4.69, 9.17) is 4.74 Å². The first-order chi connectivity index (χ1) is 14.6. The van der Waals surface area contributed by atoms with Crippen LogP contribution in [0.1, 0.15) is 38.2 Å². The van der Waals surface area contributed by atoms with Crippen molar-refractivity contribution in [1.82, 2.24) is 30.0 Å². The molecule has 0 aliphatic carbocycles. The molecule has 0 aliphatic rings. The van der Waals surface area contributed by atoms with Gasteiger partial charge in [-0.05, 0) is 26.3 Å². The van der Waals surface area contributed by atoms with Crippen molar-refractivity contribution in [2.24, 2.45) is 0 Å². The number of carbonyl (C=O) groups excluding carboxylic acids is 2. The first-order valence-corrected chi connectivity index (χ1v) is 11.5. The van der Waals surface area contributed by atoms with Gasteiger partial charge in [-0.25, -0.2) is 4.79 Å². The Labute approximate surface area is 189 Å². The summed E-state index contributed by atoms with van der Waals surface area (Å²) in [5, 5.41) is 15.9. The topological polar surface area (TPSA) is 102 Å². The maximum atomic E-state index is 12.5. The van der Waals surface area contributed by atoms with Crippen LogP contribution in [0.25, 0.3) is 4.96 Å². The van der Waals surface area contributed by atoms with E-state index < -0.39 is 17.7 Å². The van der Waals surface area contributed by atoms with E-state index >= 15 is 0 Å². The van der Waals surface area contributed by atoms with Gasteiger partial charge in [-0.2, -0.15) is 4.52 Å². The second-order valence-electron chi connectivity index (χ2n) is 8.09. The molecule has 0 bridgehead atoms. The summed E-state index contributed by atoms with van der Waals surface area (Å²) in [7, 11) is 3.44. The van der Waals surface area contributed by atoms with Gasteiger partial charge in [0.15, 0.2) is 10.2 Å². The maximum absolute atomic E-state index is 12.5. The zero-order chi connectivity index (χ0) is 22.6. The summed E-state index contributed by atoms with van der Waals surface area (Å²) in [4.78, 5) is 26.5. The van der Waals surface area contributed by atoms with Gasteiger partial charge < -0.3 is 15.0 Å². The van der Waals surface area contributed by atoms with Crippen LogP contribution in [0.2, 0.25) is 0 Å². The number of ether oxygens (including phenoxy) is 1. The van der Waals surface area contributed by atoms with Crippen molar-refractivity contribution in [3.05, 3.63) is 41.7 Å². The van der Waals surface area contributed by atoms with Crippen LogP contribution in [0, 0.1) is 0 Å². The molecule has 1 unspecified atom stereocenters. The molecule has 0 saturated heterocycles. The molecule has 1 atom stereocenters. The summed E-state index contributed by atoms with van der Waals surface area (Å²) in [6.45, 7) is 5.44. The SMILES string of the molecule is CN(C)C(=O)CSc1nn2c(C(Cc3ccccc3)NC(=O)OC(C)(C)C)nnc2s1. The molecule has 1 aromatic carbocycles. The fraction of sp³-hybridized carbons (Fsp3) is 0.450. The van der Waals surface area contributed by atoms with E-state index in [1.54, 1.807) is 23.5 Å². The molecular formula is C20H26N6O3S2. The highest BCUT2D eigenvalue weighted by Gasteiger charge is 2.26. The summed E-state index contributed by atoms with van der Waals surface area (Å²) in [6.07, 6.45) is -0.0356. The van der Waals surface area contributed by atoms with E-state index in [0.29, 0.717) is 21.5 Å². The number of hydrogen-bond donors (Lipinski definition) is 1. The molecule has 31 heavy (non-hydrogen) atoms. The predicted octanol–water partition coefficient (Wildman–Crippen LogP) is 3.17. The number of amides is 2. The summed E-state index contributed by atoms with van der Waals surface area (Å²) < 4.78 is 7.77. The minimum absolute atomic E-state index is 0.00438. The Morgan fingerprint density at radius 2 is 1.94 bits per heavy atom. The third-order valence-electron chi connectivity index (χ3n) is 4.10. The maximum Gasteiger partial charge on any atom is 0.408 e. The Morgan fingerprint density at radius 1 is 1.23 bits per heavy atom. The number of alkyl carbamates (subject to hydrolysis) is 1. The molecule has 0 fully saturated rings. The summed E-state index contributed by atoms with van der Waals surface area (Å²) in [5.41, 5.74) is 0.409. The second-order valence-corrected chi connectivity index (χ2v) is 10.3. The fourth-order valence-corrected chi connectivity index (χ4v) is 4.51. The van der Waals surface area contributed by atoms with E-state index in [9.17, 15) is 9.59 Å². The lowest BCUT2D eigenvalue weighted by atomic mass is 10.1. The van der Waals surface area contributed by atoms with Crippen LogP contribution < -0.4 is 5.32 Å².